The number of alkyl halides is 1. The third-order valence-electron chi connectivity index (χ3n) is 4.72. The quantitative estimate of drug-likeness (QED) is 0.868. The highest BCUT2D eigenvalue weighted by Gasteiger charge is 2.37. The topological polar surface area (TPSA) is 28.2 Å². The van der Waals surface area contributed by atoms with Crippen LogP contribution in [0.1, 0.15) is 26.7 Å². The molecule has 2 aromatic rings. The Morgan fingerprint density at radius 3 is 2.62 bits per heavy atom. The maximum Gasteiger partial charge on any atom is 0.152 e. The monoisotopic (exact) mass is 327 g/mol. The molecule has 3 nitrogen and oxygen atoms in total. The summed E-state index contributed by atoms with van der Waals surface area (Å²) in [5.41, 5.74) is -0.935. The molecule has 1 aliphatic heterocycles. The van der Waals surface area contributed by atoms with Crippen LogP contribution in [0.3, 0.4) is 0 Å². The number of likely N-dealkylation sites (tertiary alicyclic amines) is 1. The molecule has 0 unspecified atom stereocenters. The lowest BCUT2D eigenvalue weighted by Gasteiger charge is -2.38. The Hall–Kier alpha value is -1.94. The molecule has 2 heterocycles. The second-order valence-corrected chi connectivity index (χ2v) is 7.18. The van der Waals surface area contributed by atoms with Gasteiger partial charge in [0.05, 0.1) is 0 Å². The summed E-state index contributed by atoms with van der Waals surface area (Å²) in [5.74, 6) is 1.26. The van der Waals surface area contributed by atoms with Crippen LogP contribution >= 0.6 is 0 Å². The molecule has 1 saturated heterocycles. The minimum absolute atomic E-state index is 0.425. The van der Waals surface area contributed by atoms with E-state index in [1.165, 1.54) is 0 Å². The van der Waals surface area contributed by atoms with Crippen molar-refractivity contribution >= 4 is 16.6 Å². The molecule has 1 aromatic heterocycles. The van der Waals surface area contributed by atoms with Crippen LogP contribution in [0, 0.1) is 5.92 Å². The standard InChI is InChI=1S/C20H26FN3/c1-15(2)14-24-10-8-20(21,9-11-24)16(3)23-19-12-17-6-4-5-7-18(17)13-22-19/h4-7,12-13,15H,3,8-11,14H2,1-2H3,(H,22,23). The van der Waals surface area contributed by atoms with Gasteiger partial charge in [-0.25, -0.2) is 9.37 Å². The smallest absolute Gasteiger partial charge is 0.152 e. The Balaban J connectivity index is 1.65. The van der Waals surface area contributed by atoms with E-state index in [0.717, 1.165) is 30.4 Å². The highest BCUT2D eigenvalue weighted by Crippen LogP contribution is 2.33. The summed E-state index contributed by atoms with van der Waals surface area (Å²) < 4.78 is 15.3. The lowest BCUT2D eigenvalue weighted by Crippen LogP contribution is -2.45. The molecule has 0 amide bonds. The second-order valence-electron chi connectivity index (χ2n) is 7.18. The second kappa shape index (κ2) is 6.89. The molecule has 0 spiro atoms. The highest BCUT2D eigenvalue weighted by atomic mass is 19.1. The first-order valence-electron chi connectivity index (χ1n) is 8.69. The minimum Gasteiger partial charge on any atom is -0.341 e. The Morgan fingerprint density at radius 2 is 1.96 bits per heavy atom. The van der Waals surface area contributed by atoms with Crippen molar-refractivity contribution in [2.45, 2.75) is 32.4 Å². The van der Waals surface area contributed by atoms with Gasteiger partial charge < -0.3 is 10.2 Å². The molecule has 24 heavy (non-hydrogen) atoms. The number of anilines is 1. The van der Waals surface area contributed by atoms with Gasteiger partial charge in [0.15, 0.2) is 5.67 Å². The number of aromatic nitrogens is 1. The van der Waals surface area contributed by atoms with Crippen molar-refractivity contribution in [2.75, 3.05) is 25.0 Å². The highest BCUT2D eigenvalue weighted by molar-refractivity contribution is 5.83. The molecule has 0 bridgehead atoms. The summed E-state index contributed by atoms with van der Waals surface area (Å²) in [6.45, 7) is 10.9. The first-order valence-corrected chi connectivity index (χ1v) is 8.69. The van der Waals surface area contributed by atoms with Gasteiger partial charge in [0.25, 0.3) is 0 Å². The number of piperidine rings is 1. The number of benzene rings is 1. The molecule has 0 atom stereocenters. The molecule has 1 fully saturated rings. The molecule has 1 aromatic carbocycles. The van der Waals surface area contributed by atoms with Gasteiger partial charge in [0, 0.05) is 36.9 Å². The van der Waals surface area contributed by atoms with Crippen LogP contribution in [-0.2, 0) is 0 Å². The largest absolute Gasteiger partial charge is 0.341 e. The first kappa shape index (κ1) is 16.9. The number of nitrogens with zero attached hydrogens (tertiary/aromatic N) is 2. The van der Waals surface area contributed by atoms with Crippen molar-refractivity contribution in [1.82, 2.24) is 9.88 Å². The number of rotatable bonds is 5. The number of hydrogen-bond acceptors (Lipinski definition) is 3. The third-order valence-corrected chi connectivity index (χ3v) is 4.72. The van der Waals surface area contributed by atoms with Crippen LogP contribution in [0.4, 0.5) is 10.2 Å². The van der Waals surface area contributed by atoms with Crippen molar-refractivity contribution in [2.24, 2.45) is 5.92 Å². The summed E-state index contributed by atoms with van der Waals surface area (Å²) in [7, 11) is 0. The predicted octanol–water partition coefficient (Wildman–Crippen LogP) is 4.62. The molecule has 0 aliphatic carbocycles. The third kappa shape index (κ3) is 3.75. The normalized spacial score (nSPS) is 18.0. The van der Waals surface area contributed by atoms with Crippen LogP contribution in [0.15, 0.2) is 48.8 Å². The number of allylic oxidation sites excluding steroid dienone is 1. The predicted molar refractivity (Wildman–Crippen MR) is 98.9 cm³/mol. The van der Waals surface area contributed by atoms with E-state index in [9.17, 15) is 0 Å². The fourth-order valence-electron chi connectivity index (χ4n) is 3.33. The first-order chi connectivity index (χ1) is 11.5. The van der Waals surface area contributed by atoms with Gasteiger partial charge in [-0.3, -0.25) is 0 Å². The van der Waals surface area contributed by atoms with Gasteiger partial charge in [-0.1, -0.05) is 44.7 Å². The van der Waals surface area contributed by atoms with Gasteiger partial charge in [0.2, 0.25) is 0 Å². The maximum absolute atomic E-state index is 15.3. The summed E-state index contributed by atoms with van der Waals surface area (Å²) in [6.07, 6.45) is 2.78. The average molecular weight is 327 g/mol. The van der Waals surface area contributed by atoms with Crippen LogP contribution in [0.25, 0.3) is 10.8 Å². The van der Waals surface area contributed by atoms with E-state index in [2.05, 4.69) is 35.6 Å². The zero-order valence-electron chi connectivity index (χ0n) is 14.6. The molecule has 1 aliphatic rings. The van der Waals surface area contributed by atoms with Gasteiger partial charge in [-0.2, -0.15) is 0 Å². The summed E-state index contributed by atoms with van der Waals surface area (Å²) in [5, 5.41) is 5.26. The van der Waals surface area contributed by atoms with E-state index in [0.29, 0.717) is 30.3 Å². The number of nitrogens with one attached hydrogen (secondary N) is 1. The number of fused-ring (bicyclic) bond motifs is 1. The van der Waals surface area contributed by atoms with Crippen molar-refractivity contribution in [1.29, 1.82) is 0 Å². The molecule has 4 heteroatoms. The van der Waals surface area contributed by atoms with Crippen molar-refractivity contribution in [3.8, 4) is 0 Å². The number of halogens is 1. The van der Waals surface area contributed by atoms with Crippen LogP contribution in [0.5, 0.6) is 0 Å². The molecule has 3 rings (SSSR count). The zero-order valence-corrected chi connectivity index (χ0v) is 14.6. The number of hydrogen-bond donors (Lipinski definition) is 1. The zero-order chi connectivity index (χ0) is 17.2. The Bertz CT molecular complexity index is 718. The van der Waals surface area contributed by atoms with Crippen molar-refractivity contribution in [3.63, 3.8) is 0 Å². The Labute approximate surface area is 143 Å². The minimum atomic E-state index is -1.36. The van der Waals surface area contributed by atoms with Crippen molar-refractivity contribution < 1.29 is 4.39 Å². The summed E-state index contributed by atoms with van der Waals surface area (Å²) >= 11 is 0. The van der Waals surface area contributed by atoms with Gasteiger partial charge in [-0.15, -0.1) is 0 Å². The van der Waals surface area contributed by atoms with E-state index >= 15 is 4.39 Å². The van der Waals surface area contributed by atoms with Crippen LogP contribution in [0.2, 0.25) is 0 Å². The lowest BCUT2D eigenvalue weighted by atomic mass is 9.90. The number of pyridine rings is 1. The van der Waals surface area contributed by atoms with Crippen LogP contribution in [-0.4, -0.2) is 35.2 Å². The lowest BCUT2D eigenvalue weighted by molar-refractivity contribution is 0.0825. The van der Waals surface area contributed by atoms with Crippen LogP contribution < -0.4 is 5.32 Å². The van der Waals surface area contributed by atoms with E-state index < -0.39 is 5.67 Å². The van der Waals surface area contributed by atoms with Crippen molar-refractivity contribution in [3.05, 3.63) is 48.8 Å². The summed E-state index contributed by atoms with van der Waals surface area (Å²) in [6, 6.07) is 9.96. The van der Waals surface area contributed by atoms with E-state index in [4.69, 9.17) is 0 Å². The Morgan fingerprint density at radius 1 is 1.29 bits per heavy atom. The molecule has 0 saturated carbocycles. The molecule has 128 valence electrons. The molecular weight excluding hydrogens is 301 g/mol. The maximum atomic E-state index is 15.3. The fraction of sp³-hybridized carbons (Fsp3) is 0.450. The van der Waals surface area contributed by atoms with E-state index in [-0.39, 0.29) is 0 Å². The Kier molecular flexibility index (Phi) is 4.86. The fourth-order valence-corrected chi connectivity index (χ4v) is 3.33. The molecule has 0 radical (unpaired) electrons. The SMILES string of the molecule is C=C(Nc1cc2ccccc2cn1)C1(F)CCN(CC(C)C)CC1. The van der Waals surface area contributed by atoms with E-state index in [1.54, 1.807) is 6.20 Å². The molecular formula is C20H26FN3. The average Bonchev–Trinajstić information content (AvgIpc) is 2.56. The van der Waals surface area contributed by atoms with Gasteiger partial charge in [0.1, 0.15) is 5.82 Å². The van der Waals surface area contributed by atoms with Gasteiger partial charge in [-0.05, 0) is 30.2 Å². The summed E-state index contributed by atoms with van der Waals surface area (Å²) in [4.78, 5) is 6.72. The molecule has 1 N–H and O–H groups in total. The van der Waals surface area contributed by atoms with E-state index in [1.807, 2.05) is 30.3 Å². The van der Waals surface area contributed by atoms with Gasteiger partial charge >= 0.3 is 0 Å².